The summed E-state index contributed by atoms with van der Waals surface area (Å²) in [6, 6.07) is 3.38. The molecule has 0 atom stereocenters. The Labute approximate surface area is 90.5 Å². The second-order valence-corrected chi connectivity index (χ2v) is 3.03. The third kappa shape index (κ3) is 1.89. The third-order valence-corrected chi connectivity index (χ3v) is 1.92. The second kappa shape index (κ2) is 4.07. The monoisotopic (exact) mass is 219 g/mol. The molecule has 16 heavy (non-hydrogen) atoms. The average Bonchev–Trinajstić information content (AvgIpc) is 2.78. The van der Waals surface area contributed by atoms with Crippen molar-refractivity contribution in [2.75, 3.05) is 0 Å². The summed E-state index contributed by atoms with van der Waals surface area (Å²) < 4.78 is 4.88. The van der Waals surface area contributed by atoms with Gasteiger partial charge in [-0.2, -0.15) is 4.98 Å². The van der Waals surface area contributed by atoms with Crippen LogP contribution in [0.5, 0.6) is 0 Å². The molecule has 0 spiro atoms. The van der Waals surface area contributed by atoms with Crippen molar-refractivity contribution in [1.82, 2.24) is 15.1 Å². The molecule has 1 amide bonds. The molecular formula is C9H9N5O2. The lowest BCUT2D eigenvalue weighted by Gasteiger charge is -1.96. The summed E-state index contributed by atoms with van der Waals surface area (Å²) in [5.41, 5.74) is 11.8. The first-order valence-corrected chi connectivity index (χ1v) is 4.49. The van der Waals surface area contributed by atoms with Crippen LogP contribution in [0.25, 0.3) is 11.5 Å². The van der Waals surface area contributed by atoms with E-state index in [-0.39, 0.29) is 11.7 Å². The van der Waals surface area contributed by atoms with Crippen molar-refractivity contribution in [2.24, 2.45) is 11.5 Å². The Morgan fingerprint density at radius 2 is 2.31 bits per heavy atom. The highest BCUT2D eigenvalue weighted by atomic mass is 16.5. The van der Waals surface area contributed by atoms with Gasteiger partial charge in [0.1, 0.15) is 0 Å². The number of carbonyl (C=O) groups is 1. The van der Waals surface area contributed by atoms with E-state index in [4.69, 9.17) is 16.0 Å². The van der Waals surface area contributed by atoms with E-state index in [0.717, 1.165) is 0 Å². The molecule has 7 heteroatoms. The van der Waals surface area contributed by atoms with Gasteiger partial charge in [-0.1, -0.05) is 5.16 Å². The van der Waals surface area contributed by atoms with Gasteiger partial charge < -0.3 is 16.0 Å². The summed E-state index contributed by atoms with van der Waals surface area (Å²) >= 11 is 0. The molecule has 0 saturated heterocycles. The molecule has 0 bridgehead atoms. The minimum atomic E-state index is -0.733. The molecule has 0 radical (unpaired) electrons. The molecule has 0 aromatic carbocycles. The van der Waals surface area contributed by atoms with E-state index < -0.39 is 5.91 Å². The molecule has 2 aromatic rings. The Morgan fingerprint density at radius 3 is 2.94 bits per heavy atom. The van der Waals surface area contributed by atoms with Gasteiger partial charge in [-0.15, -0.1) is 0 Å². The summed E-state index contributed by atoms with van der Waals surface area (Å²) in [4.78, 5) is 18.6. The van der Waals surface area contributed by atoms with Crippen LogP contribution in [-0.4, -0.2) is 21.0 Å². The number of pyridine rings is 1. The van der Waals surface area contributed by atoms with Crippen molar-refractivity contribution < 1.29 is 9.32 Å². The Hall–Kier alpha value is -2.28. The molecule has 4 N–H and O–H groups in total. The minimum Gasteiger partial charge on any atom is -0.363 e. The fourth-order valence-corrected chi connectivity index (χ4v) is 1.16. The Kier molecular flexibility index (Phi) is 2.61. The first-order valence-electron chi connectivity index (χ1n) is 4.49. The lowest BCUT2D eigenvalue weighted by atomic mass is 10.2. The standard InChI is InChI=1S/C9H9N5O2/c10-4-6-3-5(1-2-12-6)9-13-8(7(11)15)14-16-9/h1-3H,4,10H2,(H2,11,15). The lowest BCUT2D eigenvalue weighted by molar-refractivity contribution is 0.0987. The summed E-state index contributed by atoms with van der Waals surface area (Å²) in [7, 11) is 0. The number of nitrogens with zero attached hydrogens (tertiary/aromatic N) is 3. The predicted molar refractivity (Wildman–Crippen MR) is 53.9 cm³/mol. The van der Waals surface area contributed by atoms with Crippen molar-refractivity contribution in [2.45, 2.75) is 6.54 Å². The maximum absolute atomic E-state index is 10.8. The maximum Gasteiger partial charge on any atom is 0.290 e. The number of rotatable bonds is 3. The first-order chi connectivity index (χ1) is 7.70. The topological polar surface area (TPSA) is 121 Å². The number of aromatic nitrogens is 3. The number of hydrogen-bond acceptors (Lipinski definition) is 6. The number of nitrogens with two attached hydrogens (primary N) is 2. The highest BCUT2D eigenvalue weighted by Crippen LogP contribution is 2.16. The van der Waals surface area contributed by atoms with Crippen molar-refractivity contribution in [3.8, 4) is 11.5 Å². The van der Waals surface area contributed by atoms with Crippen LogP contribution in [0, 0.1) is 0 Å². The van der Waals surface area contributed by atoms with E-state index in [1.54, 1.807) is 18.3 Å². The van der Waals surface area contributed by atoms with E-state index in [1.165, 1.54) is 0 Å². The van der Waals surface area contributed by atoms with E-state index in [0.29, 0.717) is 17.8 Å². The summed E-state index contributed by atoms with van der Waals surface area (Å²) in [5, 5.41) is 3.44. The van der Waals surface area contributed by atoms with Crippen LogP contribution in [0.15, 0.2) is 22.9 Å². The van der Waals surface area contributed by atoms with Crippen molar-refractivity contribution in [3.63, 3.8) is 0 Å². The average molecular weight is 219 g/mol. The zero-order valence-corrected chi connectivity index (χ0v) is 8.25. The highest BCUT2D eigenvalue weighted by Gasteiger charge is 2.12. The number of primary amides is 1. The molecule has 0 aliphatic rings. The van der Waals surface area contributed by atoms with Crippen LogP contribution in [-0.2, 0) is 6.54 Å². The second-order valence-electron chi connectivity index (χ2n) is 3.03. The Bertz CT molecular complexity index is 522. The molecule has 0 fully saturated rings. The minimum absolute atomic E-state index is 0.152. The van der Waals surface area contributed by atoms with Crippen LogP contribution in [0.2, 0.25) is 0 Å². The van der Waals surface area contributed by atoms with Crippen LogP contribution >= 0.6 is 0 Å². The third-order valence-electron chi connectivity index (χ3n) is 1.92. The predicted octanol–water partition coefficient (Wildman–Crippen LogP) is -0.311. The van der Waals surface area contributed by atoms with Crippen molar-refractivity contribution in [1.29, 1.82) is 0 Å². The Balaban J connectivity index is 2.38. The fraction of sp³-hybridized carbons (Fsp3) is 0.111. The van der Waals surface area contributed by atoms with Gasteiger partial charge in [0.05, 0.1) is 5.69 Å². The smallest absolute Gasteiger partial charge is 0.290 e. The highest BCUT2D eigenvalue weighted by molar-refractivity contribution is 5.88. The van der Waals surface area contributed by atoms with Crippen molar-refractivity contribution >= 4 is 5.91 Å². The Morgan fingerprint density at radius 1 is 1.50 bits per heavy atom. The van der Waals surface area contributed by atoms with Crippen LogP contribution < -0.4 is 11.5 Å². The lowest BCUT2D eigenvalue weighted by Crippen LogP contribution is -2.12. The van der Waals surface area contributed by atoms with Gasteiger partial charge in [0.25, 0.3) is 17.6 Å². The van der Waals surface area contributed by atoms with E-state index in [1.807, 2.05) is 0 Å². The number of carbonyl (C=O) groups excluding carboxylic acids is 1. The van der Waals surface area contributed by atoms with Gasteiger partial charge in [0.15, 0.2) is 0 Å². The molecule has 0 aliphatic heterocycles. The van der Waals surface area contributed by atoms with Crippen LogP contribution in [0.3, 0.4) is 0 Å². The zero-order chi connectivity index (χ0) is 11.5. The number of hydrogen-bond donors (Lipinski definition) is 2. The quantitative estimate of drug-likeness (QED) is 0.730. The zero-order valence-electron chi connectivity index (χ0n) is 8.25. The van der Waals surface area contributed by atoms with E-state index >= 15 is 0 Å². The fourth-order valence-electron chi connectivity index (χ4n) is 1.16. The molecule has 0 unspecified atom stereocenters. The molecule has 82 valence electrons. The van der Waals surface area contributed by atoms with E-state index in [2.05, 4.69) is 15.1 Å². The van der Waals surface area contributed by atoms with Gasteiger partial charge in [-0.05, 0) is 12.1 Å². The molecule has 2 rings (SSSR count). The van der Waals surface area contributed by atoms with Gasteiger partial charge in [-0.25, -0.2) is 0 Å². The molecule has 2 aromatic heterocycles. The van der Waals surface area contributed by atoms with Gasteiger partial charge >= 0.3 is 0 Å². The van der Waals surface area contributed by atoms with Gasteiger partial charge in [0, 0.05) is 18.3 Å². The first kappa shape index (κ1) is 10.2. The molecular weight excluding hydrogens is 210 g/mol. The van der Waals surface area contributed by atoms with Crippen LogP contribution in [0.4, 0.5) is 0 Å². The molecule has 2 heterocycles. The summed E-state index contributed by atoms with van der Waals surface area (Å²) in [6.07, 6.45) is 1.58. The summed E-state index contributed by atoms with van der Waals surface area (Å²) in [5.74, 6) is -0.671. The maximum atomic E-state index is 10.8. The SMILES string of the molecule is NCc1cc(-c2nc(C(N)=O)no2)ccn1. The molecule has 0 aliphatic carbocycles. The van der Waals surface area contributed by atoms with Gasteiger partial charge in [-0.3, -0.25) is 9.78 Å². The number of amides is 1. The normalized spacial score (nSPS) is 10.3. The molecule has 7 nitrogen and oxygen atoms in total. The largest absolute Gasteiger partial charge is 0.363 e. The van der Waals surface area contributed by atoms with E-state index in [9.17, 15) is 4.79 Å². The van der Waals surface area contributed by atoms with Crippen LogP contribution in [0.1, 0.15) is 16.3 Å². The van der Waals surface area contributed by atoms with Crippen molar-refractivity contribution in [3.05, 3.63) is 29.8 Å². The van der Waals surface area contributed by atoms with Gasteiger partial charge in [0.2, 0.25) is 0 Å². The molecule has 0 saturated carbocycles. The summed E-state index contributed by atoms with van der Waals surface area (Å²) in [6.45, 7) is 0.310.